The molecular formula is C17H18BN3O3. The molecule has 6 nitrogen and oxygen atoms in total. The van der Waals surface area contributed by atoms with Gasteiger partial charge >= 0.3 is 0 Å². The van der Waals surface area contributed by atoms with Gasteiger partial charge in [-0.05, 0) is 18.9 Å². The summed E-state index contributed by atoms with van der Waals surface area (Å²) >= 11 is 0. The van der Waals surface area contributed by atoms with Gasteiger partial charge in [-0.2, -0.15) is 0 Å². The van der Waals surface area contributed by atoms with Crippen LogP contribution in [0.3, 0.4) is 0 Å². The number of aromatic amines is 1. The summed E-state index contributed by atoms with van der Waals surface area (Å²) in [6.07, 6.45) is 1.62. The van der Waals surface area contributed by atoms with Gasteiger partial charge in [0.25, 0.3) is 5.56 Å². The Morgan fingerprint density at radius 1 is 1.38 bits per heavy atom. The highest BCUT2D eigenvalue weighted by atomic mass is 16.3. The van der Waals surface area contributed by atoms with E-state index in [4.69, 9.17) is 9.40 Å². The average Bonchev–Trinajstić information content (AvgIpc) is 2.93. The zero-order chi connectivity index (χ0) is 16.8. The Balaban J connectivity index is 1.77. The van der Waals surface area contributed by atoms with Gasteiger partial charge in [-0.25, -0.2) is 4.98 Å². The zero-order valence-corrected chi connectivity index (χ0v) is 13.8. The predicted octanol–water partition coefficient (Wildman–Crippen LogP) is 0.654. The highest BCUT2D eigenvalue weighted by Crippen LogP contribution is 2.28. The van der Waals surface area contributed by atoms with Crippen LogP contribution in [0.2, 0.25) is 0 Å². The van der Waals surface area contributed by atoms with E-state index in [1.165, 1.54) is 0 Å². The lowest BCUT2D eigenvalue weighted by Crippen LogP contribution is -2.37. The van der Waals surface area contributed by atoms with E-state index in [1.807, 2.05) is 30.9 Å². The lowest BCUT2D eigenvalue weighted by Gasteiger charge is -2.30. The minimum Gasteiger partial charge on any atom is -0.449 e. The van der Waals surface area contributed by atoms with Gasteiger partial charge in [0.05, 0.1) is 0 Å². The number of furan rings is 1. The Hall–Kier alpha value is -2.57. The first-order chi connectivity index (χ1) is 11.5. The molecule has 1 N–H and O–H groups in total. The molecule has 0 radical (unpaired) electrons. The van der Waals surface area contributed by atoms with Crippen molar-refractivity contribution in [3.05, 3.63) is 34.4 Å². The first-order valence-electron chi connectivity index (χ1n) is 8.21. The van der Waals surface area contributed by atoms with E-state index in [2.05, 4.69) is 4.98 Å². The van der Waals surface area contributed by atoms with E-state index in [9.17, 15) is 9.59 Å². The predicted molar refractivity (Wildman–Crippen MR) is 94.5 cm³/mol. The number of fused-ring (bicyclic) bond motifs is 3. The smallest absolute Gasteiger partial charge is 0.294 e. The maximum atomic E-state index is 12.4. The fourth-order valence-corrected chi connectivity index (χ4v) is 3.45. The molecule has 7 heteroatoms. The third-order valence-electron chi connectivity index (χ3n) is 4.82. The van der Waals surface area contributed by atoms with Gasteiger partial charge in [-0.1, -0.05) is 17.6 Å². The number of hydrogen-bond donors (Lipinski definition) is 1. The van der Waals surface area contributed by atoms with Crippen LogP contribution in [0.15, 0.2) is 27.4 Å². The molecule has 1 aliphatic heterocycles. The second-order valence-corrected chi connectivity index (χ2v) is 6.51. The molecule has 0 spiro atoms. The summed E-state index contributed by atoms with van der Waals surface area (Å²) in [6, 6.07) is 5.82. The summed E-state index contributed by atoms with van der Waals surface area (Å²) in [5.41, 5.74) is 2.44. The number of likely N-dealkylation sites (tertiary alicyclic amines) is 1. The quantitative estimate of drug-likeness (QED) is 0.667. The Labute approximate surface area is 139 Å². The van der Waals surface area contributed by atoms with Gasteiger partial charge in [0.15, 0.2) is 0 Å². The van der Waals surface area contributed by atoms with Gasteiger partial charge in [-0.15, -0.1) is 0 Å². The molecule has 1 fully saturated rings. The number of amides is 1. The van der Waals surface area contributed by atoms with Crippen molar-refractivity contribution in [3.8, 4) is 0 Å². The molecule has 1 aliphatic rings. The molecule has 0 saturated carbocycles. The standard InChI is InChI=1S/C17H18BN3O3/c1-9(22)21-6-4-10(5-7-21)16-19-14-12-8-11(18)2-3-13(12)24-15(14)17(23)20-16/h2-3,8,10H,4-7,18H2,1H3,(H,19,20,23). The van der Waals surface area contributed by atoms with Crippen LogP contribution in [0, 0.1) is 0 Å². The zero-order valence-electron chi connectivity index (χ0n) is 13.8. The third-order valence-corrected chi connectivity index (χ3v) is 4.82. The molecule has 0 bridgehead atoms. The highest BCUT2D eigenvalue weighted by molar-refractivity contribution is 6.33. The summed E-state index contributed by atoms with van der Waals surface area (Å²) < 4.78 is 5.67. The summed E-state index contributed by atoms with van der Waals surface area (Å²) in [4.78, 5) is 33.3. The van der Waals surface area contributed by atoms with Crippen molar-refractivity contribution in [2.24, 2.45) is 0 Å². The van der Waals surface area contributed by atoms with Crippen LogP contribution >= 0.6 is 0 Å². The Bertz CT molecular complexity index is 999. The monoisotopic (exact) mass is 323 g/mol. The number of piperidine rings is 1. The van der Waals surface area contributed by atoms with E-state index in [0.717, 1.165) is 23.7 Å². The van der Waals surface area contributed by atoms with Gasteiger partial charge in [0, 0.05) is 31.3 Å². The Morgan fingerprint density at radius 2 is 2.12 bits per heavy atom. The summed E-state index contributed by atoms with van der Waals surface area (Å²) in [5, 5.41) is 0.874. The normalized spacial score (nSPS) is 16.1. The van der Waals surface area contributed by atoms with Gasteiger partial charge < -0.3 is 14.3 Å². The molecule has 2 aromatic heterocycles. The SMILES string of the molecule is Bc1ccc2oc3c(=O)[nH]c(C4CCN(C(C)=O)CC4)nc3c2c1. The van der Waals surface area contributed by atoms with Crippen LogP contribution < -0.4 is 11.0 Å². The number of aromatic nitrogens is 2. The molecule has 3 heterocycles. The third kappa shape index (κ3) is 2.40. The van der Waals surface area contributed by atoms with Crippen molar-refractivity contribution in [1.82, 2.24) is 14.9 Å². The van der Waals surface area contributed by atoms with Crippen molar-refractivity contribution in [2.45, 2.75) is 25.7 Å². The van der Waals surface area contributed by atoms with Crippen molar-refractivity contribution < 1.29 is 9.21 Å². The molecule has 3 aromatic rings. The maximum Gasteiger partial charge on any atom is 0.294 e. The number of H-pyrrole nitrogens is 1. The van der Waals surface area contributed by atoms with Gasteiger partial charge in [0.1, 0.15) is 24.8 Å². The number of rotatable bonds is 1. The molecule has 24 heavy (non-hydrogen) atoms. The van der Waals surface area contributed by atoms with Crippen LogP contribution in [0.4, 0.5) is 0 Å². The van der Waals surface area contributed by atoms with Crippen LogP contribution in [0.25, 0.3) is 22.1 Å². The van der Waals surface area contributed by atoms with E-state index >= 15 is 0 Å². The van der Waals surface area contributed by atoms with Crippen molar-refractivity contribution in [2.75, 3.05) is 13.1 Å². The Kier molecular flexibility index (Phi) is 3.44. The fraction of sp³-hybridized carbons (Fsp3) is 0.353. The number of nitrogens with zero attached hydrogens (tertiary/aromatic N) is 2. The second kappa shape index (κ2) is 5.51. The van der Waals surface area contributed by atoms with Crippen LogP contribution in [0.1, 0.15) is 31.5 Å². The van der Waals surface area contributed by atoms with Crippen molar-refractivity contribution in [1.29, 1.82) is 0 Å². The highest BCUT2D eigenvalue weighted by Gasteiger charge is 2.25. The fourth-order valence-electron chi connectivity index (χ4n) is 3.45. The van der Waals surface area contributed by atoms with Crippen LogP contribution in [-0.2, 0) is 4.79 Å². The number of carbonyl (C=O) groups excluding carboxylic acids is 1. The lowest BCUT2D eigenvalue weighted by molar-refractivity contribution is -0.129. The molecule has 0 atom stereocenters. The average molecular weight is 323 g/mol. The first-order valence-corrected chi connectivity index (χ1v) is 8.21. The summed E-state index contributed by atoms with van der Waals surface area (Å²) in [6.45, 7) is 2.99. The molecule has 1 saturated heterocycles. The molecule has 0 unspecified atom stereocenters. The van der Waals surface area contributed by atoms with Crippen molar-refractivity contribution in [3.63, 3.8) is 0 Å². The lowest BCUT2D eigenvalue weighted by atomic mass is 9.94. The number of benzene rings is 1. The summed E-state index contributed by atoms with van der Waals surface area (Å²) in [5.74, 6) is 0.953. The molecule has 1 amide bonds. The molecule has 122 valence electrons. The molecular weight excluding hydrogens is 305 g/mol. The van der Waals surface area contributed by atoms with Gasteiger partial charge in [0.2, 0.25) is 11.5 Å². The molecule has 0 aliphatic carbocycles. The minimum absolute atomic E-state index is 0.0988. The second-order valence-electron chi connectivity index (χ2n) is 6.51. The topological polar surface area (TPSA) is 79.2 Å². The number of carbonyl (C=O) groups is 1. The first kappa shape index (κ1) is 15.0. The maximum absolute atomic E-state index is 12.4. The summed E-state index contributed by atoms with van der Waals surface area (Å²) in [7, 11) is 2.00. The number of nitrogens with one attached hydrogen (secondary N) is 1. The van der Waals surface area contributed by atoms with Crippen molar-refractivity contribution >= 4 is 41.3 Å². The van der Waals surface area contributed by atoms with E-state index < -0.39 is 0 Å². The van der Waals surface area contributed by atoms with E-state index in [-0.39, 0.29) is 23.0 Å². The van der Waals surface area contributed by atoms with Crippen LogP contribution in [-0.4, -0.2) is 41.7 Å². The van der Waals surface area contributed by atoms with Crippen LogP contribution in [0.5, 0.6) is 0 Å². The largest absolute Gasteiger partial charge is 0.449 e. The van der Waals surface area contributed by atoms with E-state index in [0.29, 0.717) is 30.0 Å². The molecule has 1 aromatic carbocycles. The minimum atomic E-state index is -0.238. The molecule has 4 rings (SSSR count). The van der Waals surface area contributed by atoms with Gasteiger partial charge in [-0.3, -0.25) is 9.59 Å². The number of hydrogen-bond acceptors (Lipinski definition) is 4. The van der Waals surface area contributed by atoms with E-state index in [1.54, 1.807) is 6.92 Å². The Morgan fingerprint density at radius 3 is 2.83 bits per heavy atom.